The molecule has 70 valence electrons. The van der Waals surface area contributed by atoms with Crippen molar-refractivity contribution in [1.29, 1.82) is 0 Å². The van der Waals surface area contributed by atoms with Gasteiger partial charge in [0.2, 0.25) is 5.91 Å². The van der Waals surface area contributed by atoms with E-state index in [0.29, 0.717) is 11.8 Å². The summed E-state index contributed by atoms with van der Waals surface area (Å²) < 4.78 is 0. The van der Waals surface area contributed by atoms with Gasteiger partial charge in [0.1, 0.15) is 6.23 Å². The van der Waals surface area contributed by atoms with Gasteiger partial charge in [-0.05, 0) is 18.3 Å². The van der Waals surface area contributed by atoms with Crippen molar-refractivity contribution in [2.45, 2.75) is 12.6 Å². The first-order valence-electron chi connectivity index (χ1n) is 4.83. The molecule has 5 atom stereocenters. The van der Waals surface area contributed by atoms with Gasteiger partial charge in [0, 0.05) is 13.0 Å². The minimum absolute atomic E-state index is 0.0787. The highest BCUT2D eigenvalue weighted by atomic mass is 16.3. The highest BCUT2D eigenvalue weighted by Gasteiger charge is 2.57. The van der Waals surface area contributed by atoms with Crippen molar-refractivity contribution < 1.29 is 9.90 Å². The molecule has 2 fully saturated rings. The molecule has 3 heteroatoms. The summed E-state index contributed by atoms with van der Waals surface area (Å²) in [7, 11) is 1.70. The number of nitrogens with zero attached hydrogens (tertiary/aromatic N) is 1. The Labute approximate surface area is 77.0 Å². The van der Waals surface area contributed by atoms with Crippen molar-refractivity contribution in [3.05, 3.63) is 12.2 Å². The van der Waals surface area contributed by atoms with E-state index in [0.717, 1.165) is 6.42 Å². The number of fused-ring (bicyclic) bond motifs is 5. The Morgan fingerprint density at radius 1 is 1.46 bits per heavy atom. The molecule has 1 unspecified atom stereocenters. The number of allylic oxidation sites excluding steroid dienone is 2. The lowest BCUT2D eigenvalue weighted by Crippen LogP contribution is -2.33. The SMILES string of the molecule is CN1C(=O)[C@@H]2[C@H](C1O)[C@@H]1C=C[C@H]2C1. The maximum absolute atomic E-state index is 11.7. The Bertz CT molecular complexity index is 299. The fourth-order valence-corrected chi connectivity index (χ4v) is 3.24. The van der Waals surface area contributed by atoms with Crippen LogP contribution in [0.3, 0.4) is 0 Å². The first kappa shape index (κ1) is 7.56. The van der Waals surface area contributed by atoms with Crippen molar-refractivity contribution in [3.63, 3.8) is 0 Å². The Balaban J connectivity index is 2.03. The van der Waals surface area contributed by atoms with Gasteiger partial charge in [-0.25, -0.2) is 0 Å². The summed E-state index contributed by atoms with van der Waals surface area (Å²) in [5.41, 5.74) is 0. The summed E-state index contributed by atoms with van der Waals surface area (Å²) in [4.78, 5) is 13.2. The van der Waals surface area contributed by atoms with E-state index in [1.807, 2.05) is 0 Å². The number of hydrogen-bond acceptors (Lipinski definition) is 2. The van der Waals surface area contributed by atoms with E-state index < -0.39 is 6.23 Å². The molecular formula is C10H13NO2. The Morgan fingerprint density at radius 2 is 2.15 bits per heavy atom. The maximum Gasteiger partial charge on any atom is 0.228 e. The molecule has 1 saturated heterocycles. The lowest BCUT2D eigenvalue weighted by atomic mass is 9.85. The van der Waals surface area contributed by atoms with Gasteiger partial charge in [-0.1, -0.05) is 12.2 Å². The predicted octanol–water partition coefficient (Wildman–Crippen LogP) is 0.215. The van der Waals surface area contributed by atoms with Gasteiger partial charge in [-0.15, -0.1) is 0 Å². The lowest BCUT2D eigenvalue weighted by molar-refractivity contribution is -0.134. The van der Waals surface area contributed by atoms with E-state index in [4.69, 9.17) is 0 Å². The summed E-state index contributed by atoms with van der Waals surface area (Å²) >= 11 is 0. The van der Waals surface area contributed by atoms with Gasteiger partial charge in [0.15, 0.2) is 0 Å². The summed E-state index contributed by atoms with van der Waals surface area (Å²) in [6.45, 7) is 0. The third-order valence-corrected chi connectivity index (χ3v) is 3.89. The Kier molecular flexibility index (Phi) is 1.25. The van der Waals surface area contributed by atoms with Crippen LogP contribution in [-0.2, 0) is 4.79 Å². The van der Waals surface area contributed by atoms with Crippen molar-refractivity contribution >= 4 is 5.91 Å². The number of carbonyl (C=O) groups excluding carboxylic acids is 1. The first-order chi connectivity index (χ1) is 6.20. The minimum Gasteiger partial charge on any atom is -0.373 e. The monoisotopic (exact) mass is 179 g/mol. The molecule has 1 heterocycles. The molecule has 1 N–H and O–H groups in total. The molecule has 0 aromatic carbocycles. The van der Waals surface area contributed by atoms with Crippen LogP contribution in [0.2, 0.25) is 0 Å². The molecule has 1 amide bonds. The van der Waals surface area contributed by atoms with E-state index in [9.17, 15) is 9.90 Å². The van der Waals surface area contributed by atoms with Crippen molar-refractivity contribution in [1.82, 2.24) is 4.90 Å². The van der Waals surface area contributed by atoms with Crippen molar-refractivity contribution in [3.8, 4) is 0 Å². The second-order valence-corrected chi connectivity index (χ2v) is 4.41. The first-order valence-corrected chi connectivity index (χ1v) is 4.83. The molecule has 2 bridgehead atoms. The lowest BCUT2D eigenvalue weighted by Gasteiger charge is -2.21. The zero-order valence-electron chi connectivity index (χ0n) is 7.55. The average Bonchev–Trinajstić information content (AvgIpc) is 2.76. The van der Waals surface area contributed by atoms with Crippen LogP contribution in [0.1, 0.15) is 6.42 Å². The van der Waals surface area contributed by atoms with Crippen LogP contribution < -0.4 is 0 Å². The number of carbonyl (C=O) groups is 1. The van der Waals surface area contributed by atoms with Crippen LogP contribution in [0.15, 0.2) is 12.2 Å². The van der Waals surface area contributed by atoms with Crippen molar-refractivity contribution in [2.75, 3.05) is 7.05 Å². The predicted molar refractivity (Wildman–Crippen MR) is 46.5 cm³/mol. The molecule has 13 heavy (non-hydrogen) atoms. The third-order valence-electron chi connectivity index (χ3n) is 3.89. The molecule has 3 nitrogen and oxygen atoms in total. The number of likely N-dealkylation sites (tertiary alicyclic amines) is 1. The van der Waals surface area contributed by atoms with E-state index in [1.54, 1.807) is 7.05 Å². The summed E-state index contributed by atoms with van der Waals surface area (Å²) in [6, 6.07) is 0. The second-order valence-electron chi connectivity index (χ2n) is 4.41. The second kappa shape index (κ2) is 2.15. The zero-order chi connectivity index (χ0) is 9.16. The minimum atomic E-state index is -0.544. The molecule has 0 aromatic heterocycles. The largest absolute Gasteiger partial charge is 0.373 e. The van der Waals surface area contributed by atoms with Crippen molar-refractivity contribution in [2.24, 2.45) is 23.7 Å². The highest BCUT2D eigenvalue weighted by molar-refractivity contribution is 5.83. The summed E-state index contributed by atoms with van der Waals surface area (Å²) in [5, 5.41) is 9.83. The molecular weight excluding hydrogens is 166 g/mol. The topological polar surface area (TPSA) is 40.5 Å². The third kappa shape index (κ3) is 0.718. The van der Waals surface area contributed by atoms with Gasteiger partial charge in [0.05, 0.1) is 5.92 Å². The Morgan fingerprint density at radius 3 is 2.85 bits per heavy atom. The van der Waals surface area contributed by atoms with Crippen LogP contribution in [0.5, 0.6) is 0 Å². The molecule has 3 rings (SSSR count). The summed E-state index contributed by atoms with van der Waals surface area (Å²) in [6.07, 6.45) is 4.85. The van der Waals surface area contributed by atoms with Gasteiger partial charge >= 0.3 is 0 Å². The van der Waals surface area contributed by atoms with E-state index >= 15 is 0 Å². The molecule has 3 aliphatic rings. The fourth-order valence-electron chi connectivity index (χ4n) is 3.24. The van der Waals surface area contributed by atoms with Crippen LogP contribution in [0.4, 0.5) is 0 Å². The maximum atomic E-state index is 11.7. The van der Waals surface area contributed by atoms with Gasteiger partial charge in [-0.3, -0.25) is 4.79 Å². The van der Waals surface area contributed by atoms with Crippen LogP contribution in [0.25, 0.3) is 0 Å². The highest BCUT2D eigenvalue weighted by Crippen LogP contribution is 2.53. The number of rotatable bonds is 0. The molecule has 0 aromatic rings. The molecule has 1 saturated carbocycles. The van der Waals surface area contributed by atoms with Crippen LogP contribution in [-0.4, -0.2) is 29.2 Å². The number of hydrogen-bond donors (Lipinski definition) is 1. The Hall–Kier alpha value is -0.830. The number of aliphatic hydroxyl groups is 1. The molecule has 0 spiro atoms. The van der Waals surface area contributed by atoms with Crippen LogP contribution in [0, 0.1) is 23.7 Å². The van der Waals surface area contributed by atoms with E-state index in [-0.39, 0.29) is 17.7 Å². The number of amides is 1. The van der Waals surface area contributed by atoms with Gasteiger partial charge in [-0.2, -0.15) is 0 Å². The normalized spacial score (nSPS) is 52.0. The van der Waals surface area contributed by atoms with E-state index in [1.165, 1.54) is 4.90 Å². The van der Waals surface area contributed by atoms with Crippen LogP contribution >= 0.6 is 0 Å². The molecule has 1 aliphatic heterocycles. The van der Waals surface area contributed by atoms with Gasteiger partial charge < -0.3 is 10.0 Å². The van der Waals surface area contributed by atoms with E-state index in [2.05, 4.69) is 12.2 Å². The van der Waals surface area contributed by atoms with Gasteiger partial charge in [0.25, 0.3) is 0 Å². The summed E-state index contributed by atoms with van der Waals surface area (Å²) in [5.74, 6) is 1.23. The molecule has 2 aliphatic carbocycles. The smallest absolute Gasteiger partial charge is 0.228 e. The average molecular weight is 179 g/mol. The standard InChI is InChI=1S/C10H13NO2/c1-11-9(12)7-5-2-3-6(4-5)8(7)10(11)13/h2-3,5-9,12H,4H2,1H3/t5-,6+,7-,8+,9?/m1/s1. The number of aliphatic hydroxyl groups excluding tert-OH is 1. The fraction of sp³-hybridized carbons (Fsp3) is 0.700. The zero-order valence-corrected chi connectivity index (χ0v) is 7.55. The molecule has 0 radical (unpaired) electrons. The quantitative estimate of drug-likeness (QED) is 0.540.